The van der Waals surface area contributed by atoms with Crippen LogP contribution in [0.3, 0.4) is 0 Å². The van der Waals surface area contributed by atoms with Crippen LogP contribution in [0.1, 0.15) is 10.4 Å². The zero-order chi connectivity index (χ0) is 14.9. The van der Waals surface area contributed by atoms with Crippen LogP contribution in [0.4, 0.5) is 4.39 Å². The Morgan fingerprint density at radius 3 is 2.35 bits per heavy atom. The average Bonchev–Trinajstić information content (AvgIpc) is 2.37. The van der Waals surface area contributed by atoms with Crippen LogP contribution >= 0.6 is 11.6 Å². The molecule has 0 atom stereocenters. The summed E-state index contributed by atoms with van der Waals surface area (Å²) in [5, 5.41) is 0.223. The van der Waals surface area contributed by atoms with Gasteiger partial charge < -0.3 is 4.90 Å². The van der Waals surface area contributed by atoms with E-state index in [9.17, 15) is 17.6 Å². The first-order valence-corrected chi connectivity index (χ1v) is 8.21. The van der Waals surface area contributed by atoms with Crippen LogP contribution < -0.4 is 0 Å². The Morgan fingerprint density at radius 1 is 1.25 bits per heavy atom. The van der Waals surface area contributed by atoms with E-state index in [1.807, 2.05) is 0 Å². The highest BCUT2D eigenvalue weighted by molar-refractivity contribution is 7.88. The molecule has 20 heavy (non-hydrogen) atoms. The molecular formula is C12H14ClFN2O3S. The molecule has 8 heteroatoms. The first-order valence-electron chi connectivity index (χ1n) is 5.98. The van der Waals surface area contributed by atoms with E-state index in [1.54, 1.807) is 0 Å². The second-order valence-corrected chi connectivity index (χ2v) is 7.00. The van der Waals surface area contributed by atoms with Gasteiger partial charge in [-0.2, -0.15) is 4.31 Å². The standard InChI is InChI=1S/C12H14ClFN2O3S/c1-20(18,19)16-6-4-15(5-7-16)12(17)10-3-2-9(13)8-11(10)14/h2-3,8H,4-7H2,1H3. The maximum absolute atomic E-state index is 13.7. The molecule has 2 rings (SSSR count). The summed E-state index contributed by atoms with van der Waals surface area (Å²) in [6, 6.07) is 3.87. The SMILES string of the molecule is CS(=O)(=O)N1CCN(C(=O)c2ccc(Cl)cc2F)CC1. The summed E-state index contributed by atoms with van der Waals surface area (Å²) in [6.07, 6.45) is 1.13. The third kappa shape index (κ3) is 3.28. The quantitative estimate of drug-likeness (QED) is 0.822. The molecule has 0 unspecified atom stereocenters. The van der Waals surface area contributed by atoms with Gasteiger partial charge in [-0.15, -0.1) is 0 Å². The maximum atomic E-state index is 13.7. The van der Waals surface area contributed by atoms with Crippen molar-refractivity contribution in [3.63, 3.8) is 0 Å². The Labute approximate surface area is 122 Å². The fraction of sp³-hybridized carbons (Fsp3) is 0.417. The third-order valence-electron chi connectivity index (χ3n) is 3.16. The van der Waals surface area contributed by atoms with Crippen molar-refractivity contribution in [3.8, 4) is 0 Å². The fourth-order valence-electron chi connectivity index (χ4n) is 2.06. The average molecular weight is 321 g/mol. The predicted molar refractivity (Wildman–Crippen MR) is 73.7 cm³/mol. The second-order valence-electron chi connectivity index (χ2n) is 4.58. The van der Waals surface area contributed by atoms with E-state index in [0.29, 0.717) is 0 Å². The molecule has 110 valence electrons. The maximum Gasteiger partial charge on any atom is 0.256 e. The number of hydrogen-bond acceptors (Lipinski definition) is 3. The van der Waals surface area contributed by atoms with Crippen LogP contribution in [-0.2, 0) is 10.0 Å². The topological polar surface area (TPSA) is 57.7 Å². The minimum atomic E-state index is -3.25. The van der Waals surface area contributed by atoms with E-state index >= 15 is 0 Å². The van der Waals surface area contributed by atoms with Crippen molar-refractivity contribution in [3.05, 3.63) is 34.6 Å². The van der Waals surface area contributed by atoms with Gasteiger partial charge >= 0.3 is 0 Å². The molecule has 1 heterocycles. The summed E-state index contributed by atoms with van der Waals surface area (Å²) in [7, 11) is -3.25. The van der Waals surface area contributed by atoms with Crippen LogP contribution in [0, 0.1) is 5.82 Å². The molecule has 0 aliphatic carbocycles. The lowest BCUT2D eigenvalue weighted by Gasteiger charge is -2.33. The van der Waals surface area contributed by atoms with Gasteiger partial charge in [0.05, 0.1) is 11.8 Å². The highest BCUT2D eigenvalue weighted by Gasteiger charge is 2.27. The van der Waals surface area contributed by atoms with E-state index < -0.39 is 21.7 Å². The van der Waals surface area contributed by atoms with Crippen LogP contribution in [-0.4, -0.2) is 56.0 Å². The molecular weight excluding hydrogens is 307 g/mol. The number of halogens is 2. The van der Waals surface area contributed by atoms with E-state index in [2.05, 4.69) is 0 Å². The molecule has 0 N–H and O–H groups in total. The van der Waals surface area contributed by atoms with Gasteiger partial charge in [0, 0.05) is 31.2 Å². The largest absolute Gasteiger partial charge is 0.336 e. The minimum absolute atomic E-state index is 0.0535. The van der Waals surface area contributed by atoms with Gasteiger partial charge in [-0.05, 0) is 18.2 Å². The van der Waals surface area contributed by atoms with Crippen LogP contribution in [0.15, 0.2) is 18.2 Å². The summed E-state index contributed by atoms with van der Waals surface area (Å²) in [4.78, 5) is 13.6. The normalized spacial score (nSPS) is 17.2. The number of piperazine rings is 1. The first-order chi connectivity index (χ1) is 9.29. The molecule has 1 amide bonds. The number of carbonyl (C=O) groups is 1. The van der Waals surface area contributed by atoms with E-state index in [-0.39, 0.29) is 36.8 Å². The molecule has 0 radical (unpaired) electrons. The molecule has 1 aromatic rings. The van der Waals surface area contributed by atoms with Crippen molar-refractivity contribution in [1.82, 2.24) is 9.21 Å². The molecule has 5 nitrogen and oxygen atoms in total. The predicted octanol–water partition coefficient (Wildman–Crippen LogP) is 1.20. The van der Waals surface area contributed by atoms with E-state index in [1.165, 1.54) is 21.3 Å². The second kappa shape index (κ2) is 5.67. The molecule has 1 aromatic carbocycles. The third-order valence-corrected chi connectivity index (χ3v) is 4.69. The van der Waals surface area contributed by atoms with Gasteiger partial charge in [-0.25, -0.2) is 12.8 Å². The van der Waals surface area contributed by atoms with Crippen molar-refractivity contribution >= 4 is 27.5 Å². The van der Waals surface area contributed by atoms with Gasteiger partial charge in [-0.3, -0.25) is 4.79 Å². The minimum Gasteiger partial charge on any atom is -0.336 e. The van der Waals surface area contributed by atoms with E-state index in [0.717, 1.165) is 12.3 Å². The summed E-state index contributed by atoms with van der Waals surface area (Å²) in [6.45, 7) is 0.932. The van der Waals surface area contributed by atoms with Crippen molar-refractivity contribution in [2.24, 2.45) is 0 Å². The molecule has 0 aromatic heterocycles. The number of rotatable bonds is 2. The number of hydrogen-bond donors (Lipinski definition) is 0. The van der Waals surface area contributed by atoms with Crippen molar-refractivity contribution in [1.29, 1.82) is 0 Å². The molecule has 1 aliphatic heterocycles. The van der Waals surface area contributed by atoms with Crippen LogP contribution in [0.2, 0.25) is 5.02 Å². The lowest BCUT2D eigenvalue weighted by atomic mass is 10.1. The number of benzene rings is 1. The Bertz CT molecular complexity index is 628. The monoisotopic (exact) mass is 320 g/mol. The van der Waals surface area contributed by atoms with Crippen molar-refractivity contribution in [2.45, 2.75) is 0 Å². The first kappa shape index (κ1) is 15.2. The molecule has 0 saturated carbocycles. The van der Waals surface area contributed by atoms with Crippen LogP contribution in [0.25, 0.3) is 0 Å². The Balaban J connectivity index is 2.09. The smallest absolute Gasteiger partial charge is 0.256 e. The van der Waals surface area contributed by atoms with Gasteiger partial charge in [0.15, 0.2) is 0 Å². The van der Waals surface area contributed by atoms with Crippen molar-refractivity contribution in [2.75, 3.05) is 32.4 Å². The zero-order valence-electron chi connectivity index (χ0n) is 10.8. The summed E-state index contributed by atoms with van der Waals surface area (Å²) >= 11 is 5.64. The zero-order valence-corrected chi connectivity index (χ0v) is 12.4. The molecule has 0 bridgehead atoms. The Kier molecular flexibility index (Phi) is 4.31. The Hall–Kier alpha value is -1.18. The molecule has 1 saturated heterocycles. The number of sulfonamides is 1. The van der Waals surface area contributed by atoms with Crippen molar-refractivity contribution < 1.29 is 17.6 Å². The highest BCUT2D eigenvalue weighted by atomic mass is 35.5. The Morgan fingerprint density at radius 2 is 1.85 bits per heavy atom. The summed E-state index contributed by atoms with van der Waals surface area (Å²) in [5.74, 6) is -1.12. The summed E-state index contributed by atoms with van der Waals surface area (Å²) in [5.41, 5.74) is -0.0535. The highest BCUT2D eigenvalue weighted by Crippen LogP contribution is 2.17. The van der Waals surface area contributed by atoms with Gasteiger partial charge in [0.25, 0.3) is 5.91 Å². The molecule has 1 fully saturated rings. The molecule has 1 aliphatic rings. The fourth-order valence-corrected chi connectivity index (χ4v) is 3.04. The van der Waals surface area contributed by atoms with Gasteiger partial charge in [-0.1, -0.05) is 11.6 Å². The number of nitrogens with zero attached hydrogens (tertiary/aromatic N) is 2. The lowest BCUT2D eigenvalue weighted by molar-refractivity contribution is 0.0693. The number of carbonyl (C=O) groups excluding carboxylic acids is 1. The molecule has 0 spiro atoms. The van der Waals surface area contributed by atoms with Gasteiger partial charge in [0.2, 0.25) is 10.0 Å². The lowest BCUT2D eigenvalue weighted by Crippen LogP contribution is -2.50. The van der Waals surface area contributed by atoms with E-state index in [4.69, 9.17) is 11.6 Å². The number of amides is 1. The van der Waals surface area contributed by atoms with Gasteiger partial charge in [0.1, 0.15) is 5.82 Å². The summed E-state index contributed by atoms with van der Waals surface area (Å²) < 4.78 is 37.7. The van der Waals surface area contributed by atoms with Crippen LogP contribution in [0.5, 0.6) is 0 Å².